The van der Waals surface area contributed by atoms with Crippen molar-refractivity contribution in [1.29, 1.82) is 0 Å². The summed E-state index contributed by atoms with van der Waals surface area (Å²) in [7, 11) is 3.32. The van der Waals surface area contributed by atoms with Crippen molar-refractivity contribution >= 4 is 29.1 Å². The van der Waals surface area contributed by atoms with Crippen molar-refractivity contribution in [2.75, 3.05) is 31.3 Å². The Kier molecular flexibility index (Phi) is 6.32. The highest BCUT2D eigenvalue weighted by Crippen LogP contribution is 2.17. The van der Waals surface area contributed by atoms with Gasteiger partial charge in [-0.15, -0.1) is 0 Å². The molecule has 0 aliphatic rings. The van der Waals surface area contributed by atoms with Crippen molar-refractivity contribution in [3.8, 4) is 5.75 Å². The second kappa shape index (κ2) is 8.66. The summed E-state index contributed by atoms with van der Waals surface area (Å²) in [6.07, 6.45) is 0. The van der Waals surface area contributed by atoms with Gasteiger partial charge in [0.05, 0.1) is 0 Å². The van der Waals surface area contributed by atoms with E-state index in [9.17, 15) is 14.4 Å². The molecule has 0 unspecified atom stereocenters. The third-order valence-electron chi connectivity index (χ3n) is 3.42. The van der Waals surface area contributed by atoms with Gasteiger partial charge in [-0.05, 0) is 42.5 Å². The Hall–Kier alpha value is -3.35. The van der Waals surface area contributed by atoms with E-state index in [1.54, 1.807) is 62.6 Å². The Labute approximate surface area is 152 Å². The van der Waals surface area contributed by atoms with Crippen LogP contribution in [0.5, 0.6) is 5.75 Å². The number of carbonyl (C=O) groups excluding carboxylic acids is 3. The number of hydrogen-bond donors (Lipinski definition) is 2. The number of amides is 3. The van der Waals surface area contributed by atoms with Gasteiger partial charge in [-0.25, -0.2) is 0 Å². The number of benzene rings is 2. The zero-order valence-corrected chi connectivity index (χ0v) is 14.9. The second-order valence-corrected chi connectivity index (χ2v) is 5.82. The number of hydrogen-bond acceptors (Lipinski definition) is 4. The number of likely N-dealkylation sites (N-methyl/N-ethyl adjacent to an activating group) is 1. The van der Waals surface area contributed by atoms with E-state index in [0.29, 0.717) is 22.7 Å². The number of ether oxygens (including phenoxy) is 1. The first-order chi connectivity index (χ1) is 12.3. The fraction of sp³-hybridized carbons (Fsp3) is 0.211. The summed E-state index contributed by atoms with van der Waals surface area (Å²) in [6, 6.07) is 13.4. The van der Waals surface area contributed by atoms with Crippen LogP contribution in [0.15, 0.2) is 48.5 Å². The van der Waals surface area contributed by atoms with Gasteiger partial charge in [0.25, 0.3) is 11.8 Å². The third-order valence-corrected chi connectivity index (χ3v) is 3.42. The molecule has 136 valence electrons. The Balaban J connectivity index is 1.97. The van der Waals surface area contributed by atoms with Crippen LogP contribution in [-0.4, -0.2) is 43.3 Å². The van der Waals surface area contributed by atoms with E-state index in [2.05, 4.69) is 10.6 Å². The van der Waals surface area contributed by atoms with Crippen molar-refractivity contribution in [3.05, 3.63) is 54.1 Å². The van der Waals surface area contributed by atoms with Crippen LogP contribution in [0.2, 0.25) is 0 Å². The molecule has 0 spiro atoms. The summed E-state index contributed by atoms with van der Waals surface area (Å²) in [5.41, 5.74) is 1.57. The molecule has 3 amide bonds. The summed E-state index contributed by atoms with van der Waals surface area (Å²) >= 11 is 0. The standard InChI is InChI=1S/C19H21N3O4/c1-13(23)20-16-6-4-5-14(11-16)19(25)21-15-7-9-17(10-8-15)26-12-18(24)22(2)3/h4-11H,12H2,1-3H3,(H,20,23)(H,21,25). The SMILES string of the molecule is CC(=O)Nc1cccc(C(=O)Nc2ccc(OCC(=O)N(C)C)cc2)c1. The Morgan fingerprint density at radius 1 is 0.962 bits per heavy atom. The smallest absolute Gasteiger partial charge is 0.259 e. The molecule has 0 fully saturated rings. The van der Waals surface area contributed by atoms with Crippen LogP contribution in [0.1, 0.15) is 17.3 Å². The molecule has 0 aromatic heterocycles. The van der Waals surface area contributed by atoms with E-state index in [1.165, 1.54) is 11.8 Å². The molecular weight excluding hydrogens is 334 g/mol. The van der Waals surface area contributed by atoms with Gasteiger partial charge in [-0.3, -0.25) is 14.4 Å². The monoisotopic (exact) mass is 355 g/mol. The maximum absolute atomic E-state index is 12.3. The predicted octanol–water partition coefficient (Wildman–Crippen LogP) is 2.36. The summed E-state index contributed by atoms with van der Waals surface area (Å²) in [5.74, 6) is -0.105. The Morgan fingerprint density at radius 3 is 2.27 bits per heavy atom. The van der Waals surface area contributed by atoms with Crippen LogP contribution in [-0.2, 0) is 9.59 Å². The average Bonchev–Trinajstić information content (AvgIpc) is 2.60. The zero-order chi connectivity index (χ0) is 19.1. The van der Waals surface area contributed by atoms with Gasteiger partial charge in [0.1, 0.15) is 5.75 Å². The molecule has 0 aliphatic heterocycles. The number of rotatable bonds is 6. The molecule has 0 atom stereocenters. The van der Waals surface area contributed by atoms with Gasteiger partial charge >= 0.3 is 0 Å². The van der Waals surface area contributed by atoms with Gasteiger partial charge in [0.2, 0.25) is 5.91 Å². The molecule has 7 nitrogen and oxygen atoms in total. The fourth-order valence-corrected chi connectivity index (χ4v) is 2.05. The van der Waals surface area contributed by atoms with E-state index in [0.717, 1.165) is 0 Å². The van der Waals surface area contributed by atoms with Gasteiger partial charge in [0.15, 0.2) is 6.61 Å². The van der Waals surface area contributed by atoms with Crippen molar-refractivity contribution in [2.45, 2.75) is 6.92 Å². The lowest BCUT2D eigenvalue weighted by atomic mass is 10.2. The highest BCUT2D eigenvalue weighted by molar-refractivity contribution is 6.05. The molecule has 2 aromatic carbocycles. The lowest BCUT2D eigenvalue weighted by Gasteiger charge is -2.12. The molecule has 26 heavy (non-hydrogen) atoms. The maximum atomic E-state index is 12.3. The molecule has 0 aliphatic carbocycles. The van der Waals surface area contributed by atoms with Crippen molar-refractivity contribution in [1.82, 2.24) is 4.90 Å². The number of carbonyl (C=O) groups is 3. The molecule has 0 bridgehead atoms. The van der Waals surface area contributed by atoms with Crippen molar-refractivity contribution in [2.24, 2.45) is 0 Å². The van der Waals surface area contributed by atoms with Gasteiger partial charge in [0, 0.05) is 38.0 Å². The lowest BCUT2D eigenvalue weighted by molar-refractivity contribution is -0.130. The van der Waals surface area contributed by atoms with Crippen molar-refractivity contribution in [3.63, 3.8) is 0 Å². The van der Waals surface area contributed by atoms with Crippen LogP contribution in [0.4, 0.5) is 11.4 Å². The zero-order valence-electron chi connectivity index (χ0n) is 14.9. The predicted molar refractivity (Wildman–Crippen MR) is 99.3 cm³/mol. The summed E-state index contributed by atoms with van der Waals surface area (Å²) in [5, 5.41) is 5.40. The molecule has 2 N–H and O–H groups in total. The summed E-state index contributed by atoms with van der Waals surface area (Å²) in [4.78, 5) is 36.4. The maximum Gasteiger partial charge on any atom is 0.259 e. The highest BCUT2D eigenvalue weighted by Gasteiger charge is 2.08. The quantitative estimate of drug-likeness (QED) is 0.833. The van der Waals surface area contributed by atoms with Gasteiger partial charge in [-0.2, -0.15) is 0 Å². The Morgan fingerprint density at radius 2 is 1.65 bits per heavy atom. The number of anilines is 2. The number of nitrogens with one attached hydrogen (secondary N) is 2. The fourth-order valence-electron chi connectivity index (χ4n) is 2.05. The molecule has 0 radical (unpaired) electrons. The van der Waals surface area contributed by atoms with Crippen LogP contribution in [0, 0.1) is 0 Å². The minimum absolute atomic E-state index is 0.0470. The minimum atomic E-state index is -0.298. The van der Waals surface area contributed by atoms with Crippen LogP contribution in [0.25, 0.3) is 0 Å². The van der Waals surface area contributed by atoms with Gasteiger partial charge < -0.3 is 20.3 Å². The minimum Gasteiger partial charge on any atom is -0.484 e. The lowest BCUT2D eigenvalue weighted by Crippen LogP contribution is -2.27. The molecule has 0 heterocycles. The van der Waals surface area contributed by atoms with Crippen LogP contribution < -0.4 is 15.4 Å². The van der Waals surface area contributed by atoms with E-state index in [1.807, 2.05) is 0 Å². The largest absolute Gasteiger partial charge is 0.484 e. The summed E-state index contributed by atoms with van der Waals surface area (Å²) < 4.78 is 5.38. The van der Waals surface area contributed by atoms with Crippen LogP contribution >= 0.6 is 0 Å². The van der Waals surface area contributed by atoms with Crippen LogP contribution in [0.3, 0.4) is 0 Å². The van der Waals surface area contributed by atoms with E-state index < -0.39 is 0 Å². The average molecular weight is 355 g/mol. The van der Waals surface area contributed by atoms with Gasteiger partial charge in [-0.1, -0.05) is 6.07 Å². The van der Waals surface area contributed by atoms with Crippen molar-refractivity contribution < 1.29 is 19.1 Å². The molecule has 0 saturated heterocycles. The highest BCUT2D eigenvalue weighted by atomic mass is 16.5. The second-order valence-electron chi connectivity index (χ2n) is 5.82. The Bertz CT molecular complexity index is 801. The molecule has 7 heteroatoms. The molecule has 2 aromatic rings. The van der Waals surface area contributed by atoms with E-state index in [4.69, 9.17) is 4.74 Å². The van der Waals surface area contributed by atoms with E-state index >= 15 is 0 Å². The van der Waals surface area contributed by atoms with E-state index in [-0.39, 0.29) is 24.3 Å². The molecule has 2 rings (SSSR count). The first-order valence-corrected chi connectivity index (χ1v) is 7.97. The molecular formula is C19H21N3O4. The first kappa shape index (κ1) is 19.0. The number of nitrogens with zero attached hydrogens (tertiary/aromatic N) is 1. The topological polar surface area (TPSA) is 87.7 Å². The molecule has 0 saturated carbocycles. The summed E-state index contributed by atoms with van der Waals surface area (Å²) in [6.45, 7) is 1.36. The third kappa shape index (κ3) is 5.62. The first-order valence-electron chi connectivity index (χ1n) is 7.97. The normalized spacial score (nSPS) is 9.96.